The predicted molar refractivity (Wildman–Crippen MR) is 67.3 cm³/mol. The van der Waals surface area contributed by atoms with Crippen molar-refractivity contribution < 1.29 is 0 Å². The van der Waals surface area contributed by atoms with E-state index in [0.717, 1.165) is 11.8 Å². The van der Waals surface area contributed by atoms with Crippen molar-refractivity contribution in [3.63, 3.8) is 0 Å². The molecule has 84 valence electrons. The van der Waals surface area contributed by atoms with E-state index < -0.39 is 0 Å². The van der Waals surface area contributed by atoms with Crippen LogP contribution in [0.5, 0.6) is 0 Å². The molecule has 2 rings (SSSR count). The van der Waals surface area contributed by atoms with Gasteiger partial charge in [0.25, 0.3) is 0 Å². The van der Waals surface area contributed by atoms with Gasteiger partial charge in [0.1, 0.15) is 0 Å². The van der Waals surface area contributed by atoms with Crippen LogP contribution in [0.15, 0.2) is 17.5 Å². The third-order valence-electron chi connectivity index (χ3n) is 3.60. The fraction of sp³-hybridized carbons (Fsp3) is 0.692. The highest BCUT2D eigenvalue weighted by atomic mass is 32.1. The molecular formula is C13H21NS. The first-order chi connectivity index (χ1) is 7.31. The molecule has 0 amide bonds. The lowest BCUT2D eigenvalue weighted by Crippen LogP contribution is -2.31. The quantitative estimate of drug-likeness (QED) is 0.829. The van der Waals surface area contributed by atoms with Crippen LogP contribution in [-0.4, -0.2) is 6.04 Å². The summed E-state index contributed by atoms with van der Waals surface area (Å²) in [6.45, 7) is 2.29. The minimum absolute atomic E-state index is 0.435. The van der Waals surface area contributed by atoms with E-state index in [1.807, 2.05) is 11.3 Å². The van der Waals surface area contributed by atoms with Crippen molar-refractivity contribution in [3.8, 4) is 0 Å². The standard InChI is InChI=1S/C13H21NS/c1-2-4-10-6-7-11(14)9-12(10)13-5-3-8-15-13/h3,5,8,10-12H,2,4,6-7,9,14H2,1H3. The Labute approximate surface area is 96.7 Å². The number of rotatable bonds is 3. The molecule has 0 radical (unpaired) electrons. The highest BCUT2D eigenvalue weighted by Crippen LogP contribution is 2.41. The summed E-state index contributed by atoms with van der Waals surface area (Å²) in [7, 11) is 0. The van der Waals surface area contributed by atoms with Crippen molar-refractivity contribution in [1.82, 2.24) is 0 Å². The van der Waals surface area contributed by atoms with Crippen molar-refractivity contribution in [1.29, 1.82) is 0 Å². The number of thiophene rings is 1. The molecule has 1 aliphatic rings. The summed E-state index contributed by atoms with van der Waals surface area (Å²) in [5.74, 6) is 1.63. The zero-order valence-electron chi connectivity index (χ0n) is 9.49. The molecular weight excluding hydrogens is 202 g/mol. The van der Waals surface area contributed by atoms with Gasteiger partial charge in [-0.3, -0.25) is 0 Å². The zero-order valence-corrected chi connectivity index (χ0v) is 10.3. The molecule has 1 saturated carbocycles. The van der Waals surface area contributed by atoms with Gasteiger partial charge in [-0.15, -0.1) is 11.3 Å². The summed E-state index contributed by atoms with van der Waals surface area (Å²) in [4.78, 5) is 1.56. The first-order valence-electron chi connectivity index (χ1n) is 6.10. The van der Waals surface area contributed by atoms with Crippen LogP contribution in [0.4, 0.5) is 0 Å². The first-order valence-corrected chi connectivity index (χ1v) is 6.98. The summed E-state index contributed by atoms with van der Waals surface area (Å²) >= 11 is 1.91. The zero-order chi connectivity index (χ0) is 10.7. The van der Waals surface area contributed by atoms with Crippen LogP contribution in [0, 0.1) is 5.92 Å². The minimum Gasteiger partial charge on any atom is -0.328 e. The van der Waals surface area contributed by atoms with E-state index in [1.165, 1.54) is 32.1 Å². The Morgan fingerprint density at radius 2 is 2.33 bits per heavy atom. The third-order valence-corrected chi connectivity index (χ3v) is 4.61. The maximum atomic E-state index is 6.09. The maximum Gasteiger partial charge on any atom is 0.00795 e. The van der Waals surface area contributed by atoms with E-state index in [9.17, 15) is 0 Å². The van der Waals surface area contributed by atoms with Gasteiger partial charge in [-0.1, -0.05) is 25.8 Å². The van der Waals surface area contributed by atoms with E-state index in [4.69, 9.17) is 5.73 Å². The van der Waals surface area contributed by atoms with Gasteiger partial charge in [-0.25, -0.2) is 0 Å². The normalized spacial score (nSPS) is 31.7. The SMILES string of the molecule is CCCC1CCC(N)CC1c1cccs1. The Kier molecular flexibility index (Phi) is 3.81. The summed E-state index contributed by atoms with van der Waals surface area (Å²) in [6.07, 6.45) is 6.44. The number of hydrogen-bond acceptors (Lipinski definition) is 2. The van der Waals surface area contributed by atoms with Gasteiger partial charge in [0, 0.05) is 10.9 Å². The molecule has 1 aliphatic carbocycles. The average Bonchev–Trinajstić information content (AvgIpc) is 2.74. The molecule has 0 bridgehead atoms. The fourth-order valence-corrected chi connectivity index (χ4v) is 3.77. The second-order valence-corrected chi connectivity index (χ2v) is 5.72. The van der Waals surface area contributed by atoms with Gasteiger partial charge in [0.2, 0.25) is 0 Å². The van der Waals surface area contributed by atoms with Crippen LogP contribution in [-0.2, 0) is 0 Å². The largest absolute Gasteiger partial charge is 0.328 e. The first kappa shape index (κ1) is 11.2. The highest BCUT2D eigenvalue weighted by molar-refractivity contribution is 7.10. The monoisotopic (exact) mass is 223 g/mol. The Morgan fingerprint density at radius 3 is 3.00 bits per heavy atom. The van der Waals surface area contributed by atoms with E-state index in [-0.39, 0.29) is 0 Å². The molecule has 0 aliphatic heterocycles. The molecule has 0 aromatic carbocycles. The molecule has 1 aromatic rings. The molecule has 15 heavy (non-hydrogen) atoms. The van der Waals surface area contributed by atoms with Crippen LogP contribution in [0.1, 0.15) is 49.8 Å². The van der Waals surface area contributed by atoms with Gasteiger partial charge < -0.3 is 5.73 Å². The van der Waals surface area contributed by atoms with Crippen LogP contribution in [0.3, 0.4) is 0 Å². The number of nitrogens with two attached hydrogens (primary N) is 1. The van der Waals surface area contributed by atoms with Crippen molar-refractivity contribution >= 4 is 11.3 Å². The van der Waals surface area contributed by atoms with Crippen LogP contribution in [0.2, 0.25) is 0 Å². The smallest absolute Gasteiger partial charge is 0.00795 e. The fourth-order valence-electron chi connectivity index (χ4n) is 2.83. The van der Waals surface area contributed by atoms with Gasteiger partial charge in [-0.2, -0.15) is 0 Å². The predicted octanol–water partition coefficient (Wildman–Crippen LogP) is 3.76. The van der Waals surface area contributed by atoms with Crippen molar-refractivity contribution in [2.45, 2.75) is 51.0 Å². The summed E-state index contributed by atoms with van der Waals surface area (Å²) in [5.41, 5.74) is 6.09. The molecule has 1 fully saturated rings. The topological polar surface area (TPSA) is 26.0 Å². The summed E-state index contributed by atoms with van der Waals surface area (Å²) < 4.78 is 0. The van der Waals surface area contributed by atoms with Gasteiger partial charge >= 0.3 is 0 Å². The van der Waals surface area contributed by atoms with E-state index >= 15 is 0 Å². The van der Waals surface area contributed by atoms with Crippen molar-refractivity contribution in [2.24, 2.45) is 11.7 Å². The number of hydrogen-bond donors (Lipinski definition) is 1. The minimum atomic E-state index is 0.435. The Hall–Kier alpha value is -0.340. The molecule has 2 N–H and O–H groups in total. The van der Waals surface area contributed by atoms with Crippen LogP contribution in [0.25, 0.3) is 0 Å². The van der Waals surface area contributed by atoms with Crippen molar-refractivity contribution in [2.75, 3.05) is 0 Å². The average molecular weight is 223 g/mol. The molecule has 0 spiro atoms. The van der Waals surface area contributed by atoms with E-state index in [0.29, 0.717) is 6.04 Å². The lowest BCUT2D eigenvalue weighted by atomic mass is 9.74. The lowest BCUT2D eigenvalue weighted by molar-refractivity contribution is 0.267. The molecule has 3 unspecified atom stereocenters. The van der Waals surface area contributed by atoms with Crippen LogP contribution < -0.4 is 5.73 Å². The Morgan fingerprint density at radius 1 is 1.47 bits per heavy atom. The van der Waals surface area contributed by atoms with Crippen LogP contribution >= 0.6 is 11.3 Å². The van der Waals surface area contributed by atoms with E-state index in [1.54, 1.807) is 4.88 Å². The molecule has 2 heteroatoms. The van der Waals surface area contributed by atoms with Crippen molar-refractivity contribution in [3.05, 3.63) is 22.4 Å². The molecule has 0 saturated heterocycles. The Bertz CT molecular complexity index is 281. The van der Waals surface area contributed by atoms with Gasteiger partial charge in [-0.05, 0) is 42.5 Å². The summed E-state index contributed by atoms with van der Waals surface area (Å²) in [5, 5.41) is 2.19. The Balaban J connectivity index is 2.09. The van der Waals surface area contributed by atoms with Gasteiger partial charge in [0.05, 0.1) is 0 Å². The maximum absolute atomic E-state index is 6.09. The second kappa shape index (κ2) is 5.13. The summed E-state index contributed by atoms with van der Waals surface area (Å²) in [6, 6.07) is 4.89. The van der Waals surface area contributed by atoms with E-state index in [2.05, 4.69) is 24.4 Å². The lowest BCUT2D eigenvalue weighted by Gasteiger charge is -2.34. The molecule has 1 heterocycles. The molecule has 3 atom stereocenters. The second-order valence-electron chi connectivity index (χ2n) is 4.74. The third kappa shape index (κ3) is 2.61. The highest BCUT2D eigenvalue weighted by Gasteiger charge is 2.29. The molecule has 1 aromatic heterocycles. The molecule has 1 nitrogen and oxygen atoms in total. The van der Waals surface area contributed by atoms with Gasteiger partial charge in [0.15, 0.2) is 0 Å².